The highest BCUT2D eigenvalue weighted by atomic mass is 32.2. The number of rotatable bonds is 7. The predicted molar refractivity (Wildman–Crippen MR) is 136 cm³/mol. The van der Waals surface area contributed by atoms with E-state index >= 15 is 0 Å². The van der Waals surface area contributed by atoms with Gasteiger partial charge in [0.1, 0.15) is 6.07 Å². The largest absolute Gasteiger partial charge is 0.324 e. The van der Waals surface area contributed by atoms with Crippen molar-refractivity contribution in [2.75, 3.05) is 43.4 Å². The minimum atomic E-state index is -3.81. The molecule has 0 aromatic heterocycles. The molecule has 9 nitrogen and oxygen atoms in total. The van der Waals surface area contributed by atoms with Gasteiger partial charge >= 0.3 is 0 Å². The summed E-state index contributed by atoms with van der Waals surface area (Å²) < 4.78 is 27.4. The average Bonchev–Trinajstić information content (AvgIpc) is 2.89. The number of hydrogen-bond acceptors (Lipinski definition) is 6. The fourth-order valence-corrected chi connectivity index (χ4v) is 5.52. The Hall–Kier alpha value is -4.04. The summed E-state index contributed by atoms with van der Waals surface area (Å²) in [4.78, 5) is 27.3. The molecular weight excluding hydrogens is 478 g/mol. The molecular formula is C26H25N5O4S. The molecule has 3 aromatic rings. The Morgan fingerprint density at radius 3 is 2.19 bits per heavy atom. The lowest BCUT2D eigenvalue weighted by atomic mass is 10.1. The van der Waals surface area contributed by atoms with Gasteiger partial charge in [0.2, 0.25) is 15.9 Å². The number of benzene rings is 3. The quantitative estimate of drug-likeness (QED) is 0.511. The Balaban J connectivity index is 1.35. The molecule has 4 rings (SSSR count). The second-order valence-electron chi connectivity index (χ2n) is 8.20. The number of sulfonamides is 1. The maximum absolute atomic E-state index is 13.0. The number of anilines is 2. The Morgan fingerprint density at radius 1 is 0.833 bits per heavy atom. The number of para-hydroxylation sites is 2. The normalized spacial score (nSPS) is 14.5. The third kappa shape index (κ3) is 5.78. The molecule has 1 aliphatic heterocycles. The standard InChI is InChI=1S/C26H25N5O4S/c27-18-20-8-4-7-13-24(20)36(34,35)31-16-14-30(15-17-31)19-25(32)29-23-12-6-5-11-22(23)26(33)28-21-9-2-1-3-10-21/h1-13H,14-17,19H2,(H,28,33)(H,29,32). The number of piperazine rings is 1. The smallest absolute Gasteiger partial charge is 0.257 e. The second kappa shape index (κ2) is 11.1. The highest BCUT2D eigenvalue weighted by molar-refractivity contribution is 7.89. The van der Waals surface area contributed by atoms with Crippen LogP contribution in [0.2, 0.25) is 0 Å². The number of amides is 2. The van der Waals surface area contributed by atoms with Gasteiger partial charge in [-0.3, -0.25) is 14.5 Å². The van der Waals surface area contributed by atoms with Gasteiger partial charge < -0.3 is 10.6 Å². The molecule has 0 atom stereocenters. The van der Waals surface area contributed by atoms with E-state index in [4.69, 9.17) is 0 Å². The molecule has 0 spiro atoms. The van der Waals surface area contributed by atoms with E-state index in [1.165, 1.54) is 16.4 Å². The molecule has 36 heavy (non-hydrogen) atoms. The molecule has 3 aromatic carbocycles. The first kappa shape index (κ1) is 25.1. The molecule has 1 saturated heterocycles. The molecule has 1 fully saturated rings. The topological polar surface area (TPSA) is 123 Å². The van der Waals surface area contributed by atoms with E-state index in [-0.39, 0.29) is 41.9 Å². The van der Waals surface area contributed by atoms with Gasteiger partial charge in [0.05, 0.1) is 28.3 Å². The van der Waals surface area contributed by atoms with E-state index in [1.54, 1.807) is 48.5 Å². The third-order valence-corrected chi connectivity index (χ3v) is 7.76. The van der Waals surface area contributed by atoms with E-state index in [0.29, 0.717) is 30.0 Å². The summed E-state index contributed by atoms with van der Waals surface area (Å²) in [7, 11) is -3.81. The van der Waals surface area contributed by atoms with Crippen LogP contribution in [-0.4, -0.2) is 62.2 Å². The maximum Gasteiger partial charge on any atom is 0.257 e. The van der Waals surface area contributed by atoms with Gasteiger partial charge in [0.25, 0.3) is 5.91 Å². The van der Waals surface area contributed by atoms with E-state index in [9.17, 15) is 23.3 Å². The first-order valence-corrected chi connectivity index (χ1v) is 12.8. The first-order chi connectivity index (χ1) is 17.4. The van der Waals surface area contributed by atoms with Crippen LogP contribution >= 0.6 is 0 Å². The Morgan fingerprint density at radius 2 is 1.47 bits per heavy atom. The highest BCUT2D eigenvalue weighted by Gasteiger charge is 2.30. The van der Waals surface area contributed by atoms with Crippen molar-refractivity contribution in [2.24, 2.45) is 0 Å². The van der Waals surface area contributed by atoms with Crippen molar-refractivity contribution in [2.45, 2.75) is 4.90 Å². The molecule has 0 aliphatic carbocycles. The number of nitrogens with zero attached hydrogens (tertiary/aromatic N) is 3. The molecule has 0 radical (unpaired) electrons. The first-order valence-electron chi connectivity index (χ1n) is 11.4. The van der Waals surface area contributed by atoms with Crippen molar-refractivity contribution in [3.05, 3.63) is 90.0 Å². The van der Waals surface area contributed by atoms with Crippen LogP contribution in [0.25, 0.3) is 0 Å². The van der Waals surface area contributed by atoms with E-state index in [2.05, 4.69) is 10.6 Å². The SMILES string of the molecule is N#Cc1ccccc1S(=O)(=O)N1CCN(CC(=O)Nc2ccccc2C(=O)Nc2ccccc2)CC1. The van der Waals surface area contributed by atoms with E-state index in [1.807, 2.05) is 29.2 Å². The summed E-state index contributed by atoms with van der Waals surface area (Å²) in [5.74, 6) is -0.644. The Kier molecular flexibility index (Phi) is 7.75. The number of nitriles is 1. The number of carbonyl (C=O) groups excluding carboxylic acids is 2. The van der Waals surface area contributed by atoms with Crippen molar-refractivity contribution >= 4 is 33.2 Å². The molecule has 184 valence electrons. The number of carbonyl (C=O) groups is 2. The minimum Gasteiger partial charge on any atom is -0.324 e. The summed E-state index contributed by atoms with van der Waals surface area (Å²) in [6.45, 7) is 1.17. The molecule has 2 amide bonds. The van der Waals surface area contributed by atoms with Crippen LogP contribution in [0.4, 0.5) is 11.4 Å². The number of nitrogens with one attached hydrogen (secondary N) is 2. The zero-order valence-electron chi connectivity index (χ0n) is 19.4. The molecule has 10 heteroatoms. The summed E-state index contributed by atoms with van der Waals surface area (Å²) in [5.41, 5.74) is 1.48. The van der Waals surface area contributed by atoms with E-state index < -0.39 is 10.0 Å². The fraction of sp³-hybridized carbons (Fsp3) is 0.192. The summed E-state index contributed by atoms with van der Waals surface area (Å²) >= 11 is 0. The van der Waals surface area contributed by atoms with Crippen LogP contribution < -0.4 is 10.6 Å². The molecule has 0 unspecified atom stereocenters. The van der Waals surface area contributed by atoms with Crippen molar-refractivity contribution in [3.63, 3.8) is 0 Å². The lowest BCUT2D eigenvalue weighted by Gasteiger charge is -2.33. The molecule has 1 aliphatic rings. The molecule has 0 bridgehead atoms. The van der Waals surface area contributed by atoms with Gasteiger partial charge in [-0.1, -0.05) is 42.5 Å². The van der Waals surface area contributed by atoms with Crippen molar-refractivity contribution in [3.8, 4) is 6.07 Å². The van der Waals surface area contributed by atoms with Crippen LogP contribution in [0, 0.1) is 11.3 Å². The van der Waals surface area contributed by atoms with Crippen molar-refractivity contribution in [1.29, 1.82) is 5.26 Å². The Bertz CT molecular complexity index is 1400. The predicted octanol–water partition coefficient (Wildman–Crippen LogP) is 2.76. The van der Waals surface area contributed by atoms with Crippen molar-refractivity contribution < 1.29 is 18.0 Å². The van der Waals surface area contributed by atoms with Crippen LogP contribution in [-0.2, 0) is 14.8 Å². The van der Waals surface area contributed by atoms with Gasteiger partial charge in [0.15, 0.2) is 0 Å². The molecule has 2 N–H and O–H groups in total. The zero-order valence-corrected chi connectivity index (χ0v) is 20.2. The number of hydrogen-bond donors (Lipinski definition) is 2. The average molecular weight is 504 g/mol. The molecule has 1 heterocycles. The Labute approximate surface area is 210 Å². The lowest BCUT2D eigenvalue weighted by molar-refractivity contribution is -0.117. The summed E-state index contributed by atoms with van der Waals surface area (Å²) in [5, 5.41) is 14.9. The second-order valence-corrected chi connectivity index (χ2v) is 10.1. The third-order valence-electron chi connectivity index (χ3n) is 5.80. The van der Waals surface area contributed by atoms with Gasteiger partial charge in [0, 0.05) is 31.9 Å². The fourth-order valence-electron chi connectivity index (χ4n) is 3.95. The van der Waals surface area contributed by atoms with Gasteiger partial charge in [-0.15, -0.1) is 0 Å². The van der Waals surface area contributed by atoms with Gasteiger partial charge in [-0.25, -0.2) is 8.42 Å². The maximum atomic E-state index is 13.0. The minimum absolute atomic E-state index is 0.0101. The molecule has 0 saturated carbocycles. The highest BCUT2D eigenvalue weighted by Crippen LogP contribution is 2.21. The monoisotopic (exact) mass is 503 g/mol. The van der Waals surface area contributed by atoms with Gasteiger partial charge in [-0.05, 0) is 36.4 Å². The van der Waals surface area contributed by atoms with Crippen LogP contribution in [0.1, 0.15) is 15.9 Å². The summed E-state index contributed by atoms with van der Waals surface area (Å²) in [6, 6.07) is 23.8. The zero-order chi connectivity index (χ0) is 25.5. The van der Waals surface area contributed by atoms with Crippen LogP contribution in [0.3, 0.4) is 0 Å². The van der Waals surface area contributed by atoms with Crippen molar-refractivity contribution in [1.82, 2.24) is 9.21 Å². The van der Waals surface area contributed by atoms with E-state index in [0.717, 1.165) is 0 Å². The van der Waals surface area contributed by atoms with Crippen LogP contribution in [0.5, 0.6) is 0 Å². The van der Waals surface area contributed by atoms with Crippen LogP contribution in [0.15, 0.2) is 83.8 Å². The summed E-state index contributed by atoms with van der Waals surface area (Å²) in [6.07, 6.45) is 0. The van der Waals surface area contributed by atoms with Gasteiger partial charge in [-0.2, -0.15) is 9.57 Å². The lowest BCUT2D eigenvalue weighted by Crippen LogP contribution is -2.50.